The summed E-state index contributed by atoms with van der Waals surface area (Å²) >= 11 is 7.49. The van der Waals surface area contributed by atoms with E-state index in [9.17, 15) is 4.21 Å². The summed E-state index contributed by atoms with van der Waals surface area (Å²) in [6, 6.07) is 15.6. The number of halogens is 1. The number of aromatic nitrogens is 2. The highest BCUT2D eigenvalue weighted by Crippen LogP contribution is 2.26. The van der Waals surface area contributed by atoms with Gasteiger partial charge in [-0.05, 0) is 29.7 Å². The fraction of sp³-hybridized carbons (Fsp3) is 0.176. The highest BCUT2D eigenvalue weighted by atomic mass is 35.5. The molecule has 2 atom stereocenters. The smallest absolute Gasteiger partial charge is 0.214 e. The Hall–Kier alpha value is -1.96. The van der Waals surface area contributed by atoms with E-state index in [4.69, 9.17) is 11.6 Å². The van der Waals surface area contributed by atoms with E-state index in [1.807, 2.05) is 24.3 Å². The lowest BCUT2D eigenvalue weighted by atomic mass is 10.0. The van der Waals surface area contributed by atoms with E-state index in [-0.39, 0.29) is 0 Å². The highest BCUT2D eigenvalue weighted by Gasteiger charge is 2.10. The van der Waals surface area contributed by atoms with Crippen LogP contribution < -0.4 is 10.0 Å². The number of benzene rings is 2. The van der Waals surface area contributed by atoms with E-state index in [0.29, 0.717) is 21.0 Å². The van der Waals surface area contributed by atoms with Crippen molar-refractivity contribution in [3.05, 3.63) is 65.4 Å². The van der Waals surface area contributed by atoms with Gasteiger partial charge in [0.25, 0.3) is 0 Å². The molecule has 2 unspecified atom stereocenters. The number of hydrogen-bond donors (Lipinski definition) is 2. The molecule has 130 valence electrons. The van der Waals surface area contributed by atoms with Crippen LogP contribution in [0.25, 0.3) is 0 Å². The summed E-state index contributed by atoms with van der Waals surface area (Å²) in [5.74, 6) is 0.352. The van der Waals surface area contributed by atoms with Crippen molar-refractivity contribution in [2.45, 2.75) is 17.7 Å². The van der Waals surface area contributed by atoms with E-state index in [1.54, 1.807) is 12.1 Å². The molecule has 0 aliphatic rings. The normalized spacial score (nSPS) is 13.2. The summed E-state index contributed by atoms with van der Waals surface area (Å²) < 4.78 is 18.9. The van der Waals surface area contributed by atoms with Gasteiger partial charge in [0.15, 0.2) is 11.0 Å². The predicted octanol–water partition coefficient (Wildman–Crippen LogP) is 4.54. The van der Waals surface area contributed by atoms with Crippen LogP contribution in [0.2, 0.25) is 5.02 Å². The molecular formula is C17H17ClN4OS2. The fourth-order valence-corrected chi connectivity index (χ4v) is 4.00. The van der Waals surface area contributed by atoms with Crippen LogP contribution in [-0.4, -0.2) is 20.1 Å². The molecule has 0 amide bonds. The van der Waals surface area contributed by atoms with Crippen LogP contribution in [0.1, 0.15) is 18.4 Å². The van der Waals surface area contributed by atoms with Crippen molar-refractivity contribution in [1.29, 1.82) is 0 Å². The molecular weight excluding hydrogens is 376 g/mol. The molecule has 0 radical (unpaired) electrons. The Bertz CT molecular complexity index is 843. The molecule has 2 aromatic carbocycles. The van der Waals surface area contributed by atoms with Crippen LogP contribution in [0.4, 0.5) is 10.8 Å². The molecule has 3 aromatic rings. The van der Waals surface area contributed by atoms with Crippen molar-refractivity contribution < 1.29 is 4.21 Å². The zero-order valence-electron chi connectivity index (χ0n) is 13.5. The van der Waals surface area contributed by atoms with Gasteiger partial charge in [0.1, 0.15) is 6.33 Å². The van der Waals surface area contributed by atoms with Crippen LogP contribution >= 0.6 is 23.1 Å². The molecule has 0 aliphatic heterocycles. The second-order valence-electron chi connectivity index (χ2n) is 5.45. The van der Waals surface area contributed by atoms with E-state index >= 15 is 0 Å². The third-order valence-electron chi connectivity index (χ3n) is 3.66. The maximum Gasteiger partial charge on any atom is 0.214 e. The molecule has 0 saturated heterocycles. The van der Waals surface area contributed by atoms with Crippen molar-refractivity contribution >= 4 is 44.9 Å². The molecule has 1 aromatic heterocycles. The van der Waals surface area contributed by atoms with Gasteiger partial charge in [0, 0.05) is 18.1 Å². The average Bonchev–Trinajstić information content (AvgIpc) is 3.14. The molecule has 0 aliphatic carbocycles. The molecule has 25 heavy (non-hydrogen) atoms. The van der Waals surface area contributed by atoms with Crippen molar-refractivity contribution in [1.82, 2.24) is 9.36 Å². The zero-order chi connectivity index (χ0) is 17.6. The molecule has 8 heteroatoms. The van der Waals surface area contributed by atoms with Crippen molar-refractivity contribution in [3.8, 4) is 0 Å². The monoisotopic (exact) mass is 392 g/mol. The topological polar surface area (TPSA) is 66.9 Å². The summed E-state index contributed by atoms with van der Waals surface area (Å²) in [4.78, 5) is 4.54. The Morgan fingerprint density at radius 3 is 2.72 bits per heavy atom. The van der Waals surface area contributed by atoms with Gasteiger partial charge < -0.3 is 5.32 Å². The lowest BCUT2D eigenvalue weighted by Crippen LogP contribution is -2.10. The Labute approximate surface area is 158 Å². The first kappa shape index (κ1) is 17.8. The first-order valence-corrected chi connectivity index (χ1v) is 9.97. The van der Waals surface area contributed by atoms with Crippen LogP contribution in [0.15, 0.2) is 59.8 Å². The van der Waals surface area contributed by atoms with Gasteiger partial charge in [-0.15, -0.1) is 0 Å². The summed E-state index contributed by atoms with van der Waals surface area (Å²) in [6.45, 7) is 2.92. The van der Waals surface area contributed by atoms with Crippen molar-refractivity contribution in [2.24, 2.45) is 0 Å². The summed E-state index contributed by atoms with van der Waals surface area (Å²) in [7, 11) is -1.43. The maximum absolute atomic E-state index is 12.3. The predicted molar refractivity (Wildman–Crippen MR) is 105 cm³/mol. The number of nitrogens with one attached hydrogen (secondary N) is 2. The standard InChI is InChI=1S/C17H17ClN4OS2/c1-12(13-5-3-2-4-6-13)10-19-16-8-7-14(9-15(16)18)25(23)22-17-20-11-21-24-17/h2-9,11-12,19H,10H2,1H3,(H,20,21,22). The molecule has 0 spiro atoms. The molecule has 0 bridgehead atoms. The molecule has 1 heterocycles. The summed E-state index contributed by atoms with van der Waals surface area (Å²) in [5, 5.41) is 4.39. The lowest BCUT2D eigenvalue weighted by molar-refractivity contribution is 0.686. The Morgan fingerprint density at radius 1 is 1.24 bits per heavy atom. The molecule has 3 rings (SSSR count). The minimum atomic E-state index is -1.43. The molecule has 2 N–H and O–H groups in total. The zero-order valence-corrected chi connectivity index (χ0v) is 15.9. The van der Waals surface area contributed by atoms with Gasteiger partial charge in [0.2, 0.25) is 5.13 Å². The number of hydrogen-bond acceptors (Lipinski definition) is 5. The van der Waals surface area contributed by atoms with Gasteiger partial charge in [-0.25, -0.2) is 9.19 Å². The van der Waals surface area contributed by atoms with Crippen LogP contribution in [0.5, 0.6) is 0 Å². The van der Waals surface area contributed by atoms with E-state index in [1.165, 1.54) is 11.9 Å². The van der Waals surface area contributed by atoms with E-state index in [2.05, 4.69) is 38.5 Å². The summed E-state index contributed by atoms with van der Waals surface area (Å²) in [6.07, 6.45) is 1.41. The minimum absolute atomic E-state index is 0.352. The third kappa shape index (κ3) is 4.78. The number of anilines is 2. The van der Waals surface area contributed by atoms with Gasteiger partial charge >= 0.3 is 0 Å². The minimum Gasteiger partial charge on any atom is -0.383 e. The number of nitrogens with zero attached hydrogens (tertiary/aromatic N) is 2. The third-order valence-corrected chi connectivity index (χ3v) is 5.75. The Balaban J connectivity index is 1.62. The largest absolute Gasteiger partial charge is 0.383 e. The second-order valence-corrected chi connectivity index (χ2v) is 7.85. The van der Waals surface area contributed by atoms with Gasteiger partial charge in [-0.1, -0.05) is 48.9 Å². The van der Waals surface area contributed by atoms with Crippen LogP contribution in [0, 0.1) is 0 Å². The van der Waals surface area contributed by atoms with E-state index < -0.39 is 11.0 Å². The number of rotatable bonds is 7. The molecule has 0 fully saturated rings. The van der Waals surface area contributed by atoms with Gasteiger partial charge in [-0.2, -0.15) is 4.37 Å². The SMILES string of the molecule is CC(CNc1ccc(S(=O)Nc2ncns2)cc1Cl)c1ccccc1. The Morgan fingerprint density at radius 2 is 2.04 bits per heavy atom. The first-order chi connectivity index (χ1) is 12.1. The maximum atomic E-state index is 12.3. The van der Waals surface area contributed by atoms with Gasteiger partial charge in [0.05, 0.1) is 15.6 Å². The summed E-state index contributed by atoms with van der Waals surface area (Å²) in [5.41, 5.74) is 2.09. The quantitative estimate of drug-likeness (QED) is 0.619. The average molecular weight is 393 g/mol. The molecule has 0 saturated carbocycles. The van der Waals surface area contributed by atoms with Gasteiger partial charge in [-0.3, -0.25) is 4.72 Å². The van der Waals surface area contributed by atoms with Crippen molar-refractivity contribution in [3.63, 3.8) is 0 Å². The van der Waals surface area contributed by atoms with Crippen LogP contribution in [0.3, 0.4) is 0 Å². The van der Waals surface area contributed by atoms with E-state index in [0.717, 1.165) is 23.8 Å². The second kappa shape index (κ2) is 8.42. The van der Waals surface area contributed by atoms with Crippen LogP contribution in [-0.2, 0) is 11.0 Å². The molecule has 5 nitrogen and oxygen atoms in total. The first-order valence-electron chi connectivity index (χ1n) is 7.67. The highest BCUT2D eigenvalue weighted by molar-refractivity contribution is 7.86. The fourth-order valence-electron chi connectivity index (χ4n) is 2.27. The Kier molecular flexibility index (Phi) is 6.01. The van der Waals surface area contributed by atoms with Crippen molar-refractivity contribution in [2.75, 3.05) is 16.6 Å². The lowest BCUT2D eigenvalue weighted by Gasteiger charge is -2.15.